The smallest absolute Gasteiger partial charge is 0.321 e. The van der Waals surface area contributed by atoms with E-state index in [4.69, 9.17) is 10.2 Å². The summed E-state index contributed by atoms with van der Waals surface area (Å²) in [5.74, 6) is -3.98. The summed E-state index contributed by atoms with van der Waals surface area (Å²) in [7, 11) is 0. The third-order valence-corrected chi connectivity index (χ3v) is 3.08. The maximum absolute atomic E-state index is 11.4. The highest BCUT2D eigenvalue weighted by Gasteiger charge is 2.30. The van der Waals surface area contributed by atoms with Crippen molar-refractivity contribution in [1.82, 2.24) is 9.80 Å². The number of carboxylic acid groups (broad SMARTS) is 3. The summed E-state index contributed by atoms with van der Waals surface area (Å²) >= 11 is 0. The van der Waals surface area contributed by atoms with Crippen LogP contribution in [0.2, 0.25) is 0 Å². The highest BCUT2D eigenvalue weighted by molar-refractivity contribution is 5.75. The van der Waals surface area contributed by atoms with Gasteiger partial charge in [0.25, 0.3) is 0 Å². The monoisotopic (exact) mass is 332 g/mol. The number of aliphatic hydroxyl groups is 1. The SMILES string of the molecule is C=C(O)CN(CCN(CC(=O)O)C(C(=O)O)C(C)C)CC(=O)O. The standard InChI is InChI=1S/C14H24N2O7/c1-9(2)13(14(22)23)16(8-12(20)21)5-4-15(6-10(3)17)7-11(18)19/h9,13,17H,3-8H2,1-2H3,(H,18,19)(H,20,21)(H,22,23). The summed E-state index contributed by atoms with van der Waals surface area (Å²) in [6.07, 6.45) is 0. The Labute approximate surface area is 134 Å². The molecule has 0 radical (unpaired) electrons. The van der Waals surface area contributed by atoms with Gasteiger partial charge in [-0.05, 0) is 5.92 Å². The Morgan fingerprint density at radius 3 is 1.78 bits per heavy atom. The molecule has 0 bridgehead atoms. The van der Waals surface area contributed by atoms with Crippen LogP contribution in [0.5, 0.6) is 0 Å². The Kier molecular flexibility index (Phi) is 8.89. The number of aliphatic carboxylic acids is 3. The second-order valence-corrected chi connectivity index (χ2v) is 5.56. The molecule has 0 saturated heterocycles. The minimum atomic E-state index is -1.17. The molecule has 0 rings (SSSR count). The van der Waals surface area contributed by atoms with E-state index >= 15 is 0 Å². The van der Waals surface area contributed by atoms with Crippen molar-refractivity contribution in [3.8, 4) is 0 Å². The summed E-state index contributed by atoms with van der Waals surface area (Å²) in [5.41, 5.74) is 0. The topological polar surface area (TPSA) is 139 Å². The van der Waals surface area contributed by atoms with Gasteiger partial charge in [0, 0.05) is 13.1 Å². The first-order chi connectivity index (χ1) is 10.5. The Morgan fingerprint density at radius 1 is 0.913 bits per heavy atom. The summed E-state index contributed by atoms with van der Waals surface area (Å²) in [6, 6.07) is -1.00. The van der Waals surface area contributed by atoms with Gasteiger partial charge in [0.05, 0.1) is 25.4 Å². The molecule has 132 valence electrons. The van der Waals surface area contributed by atoms with Gasteiger partial charge in [-0.1, -0.05) is 20.4 Å². The van der Waals surface area contributed by atoms with Gasteiger partial charge in [0.2, 0.25) is 0 Å². The number of hydrogen-bond acceptors (Lipinski definition) is 6. The zero-order valence-corrected chi connectivity index (χ0v) is 13.3. The maximum atomic E-state index is 11.4. The van der Waals surface area contributed by atoms with Crippen molar-refractivity contribution in [2.24, 2.45) is 5.92 Å². The molecular weight excluding hydrogens is 308 g/mol. The van der Waals surface area contributed by atoms with Crippen LogP contribution in [-0.4, -0.2) is 86.9 Å². The van der Waals surface area contributed by atoms with E-state index in [0.717, 1.165) is 0 Å². The van der Waals surface area contributed by atoms with Gasteiger partial charge < -0.3 is 20.4 Å². The van der Waals surface area contributed by atoms with Crippen molar-refractivity contribution in [2.75, 3.05) is 32.7 Å². The van der Waals surface area contributed by atoms with Gasteiger partial charge in [-0.2, -0.15) is 0 Å². The summed E-state index contributed by atoms with van der Waals surface area (Å²) in [4.78, 5) is 35.8. The number of nitrogens with zero attached hydrogens (tertiary/aromatic N) is 2. The van der Waals surface area contributed by atoms with Gasteiger partial charge in [0.15, 0.2) is 0 Å². The molecule has 0 saturated carbocycles. The molecule has 0 aromatic carbocycles. The van der Waals surface area contributed by atoms with Gasteiger partial charge in [-0.25, -0.2) is 0 Å². The van der Waals surface area contributed by atoms with E-state index in [0.29, 0.717) is 0 Å². The molecule has 0 aromatic heterocycles. The highest BCUT2D eigenvalue weighted by Crippen LogP contribution is 2.11. The van der Waals surface area contributed by atoms with Crippen LogP contribution in [0.1, 0.15) is 13.8 Å². The molecule has 0 fully saturated rings. The van der Waals surface area contributed by atoms with Crippen molar-refractivity contribution in [3.05, 3.63) is 12.3 Å². The van der Waals surface area contributed by atoms with Crippen LogP contribution in [0.3, 0.4) is 0 Å². The molecule has 1 atom stereocenters. The molecule has 0 aliphatic carbocycles. The lowest BCUT2D eigenvalue weighted by atomic mass is 10.0. The van der Waals surface area contributed by atoms with Crippen LogP contribution >= 0.6 is 0 Å². The molecule has 1 unspecified atom stereocenters. The molecule has 0 spiro atoms. The minimum absolute atomic E-state index is 0.0298. The van der Waals surface area contributed by atoms with E-state index in [2.05, 4.69) is 6.58 Å². The Balaban J connectivity index is 5.04. The zero-order chi connectivity index (χ0) is 18.2. The lowest BCUT2D eigenvalue weighted by Gasteiger charge is -2.31. The van der Waals surface area contributed by atoms with E-state index < -0.39 is 30.5 Å². The molecule has 0 heterocycles. The fraction of sp³-hybridized carbons (Fsp3) is 0.643. The van der Waals surface area contributed by atoms with E-state index in [1.165, 1.54) is 9.80 Å². The zero-order valence-electron chi connectivity index (χ0n) is 13.3. The number of hydrogen-bond donors (Lipinski definition) is 4. The van der Waals surface area contributed by atoms with Crippen molar-refractivity contribution < 1.29 is 34.8 Å². The van der Waals surface area contributed by atoms with Crippen LogP contribution in [0, 0.1) is 5.92 Å². The maximum Gasteiger partial charge on any atom is 0.321 e. The Morgan fingerprint density at radius 2 is 1.43 bits per heavy atom. The predicted octanol–water partition coefficient (Wildman–Crippen LogP) is -0.0595. The second kappa shape index (κ2) is 9.80. The van der Waals surface area contributed by atoms with Crippen LogP contribution in [0.15, 0.2) is 12.3 Å². The number of rotatable bonds is 12. The first kappa shape index (κ1) is 20.9. The number of aliphatic hydroxyl groups excluding tert-OH is 1. The number of carbonyl (C=O) groups is 3. The second-order valence-electron chi connectivity index (χ2n) is 5.56. The normalized spacial score (nSPS) is 12.6. The van der Waals surface area contributed by atoms with Gasteiger partial charge in [0.1, 0.15) is 6.04 Å². The fourth-order valence-electron chi connectivity index (χ4n) is 2.29. The van der Waals surface area contributed by atoms with Crippen LogP contribution in [0.25, 0.3) is 0 Å². The summed E-state index contributed by atoms with van der Waals surface area (Å²) < 4.78 is 0. The third kappa shape index (κ3) is 8.79. The Bertz CT molecular complexity index is 434. The highest BCUT2D eigenvalue weighted by atomic mass is 16.4. The average molecular weight is 332 g/mol. The van der Waals surface area contributed by atoms with E-state index in [1.54, 1.807) is 13.8 Å². The van der Waals surface area contributed by atoms with Crippen LogP contribution in [0.4, 0.5) is 0 Å². The van der Waals surface area contributed by atoms with Crippen molar-refractivity contribution in [3.63, 3.8) is 0 Å². The largest absolute Gasteiger partial charge is 0.512 e. The third-order valence-electron chi connectivity index (χ3n) is 3.08. The van der Waals surface area contributed by atoms with Gasteiger partial charge in [-0.15, -0.1) is 0 Å². The molecule has 0 aliphatic heterocycles. The van der Waals surface area contributed by atoms with E-state index in [9.17, 15) is 24.6 Å². The molecular formula is C14H24N2O7. The lowest BCUT2D eigenvalue weighted by molar-refractivity contribution is -0.148. The van der Waals surface area contributed by atoms with Crippen molar-refractivity contribution in [2.45, 2.75) is 19.9 Å². The molecule has 9 heteroatoms. The first-order valence-electron chi connectivity index (χ1n) is 7.04. The van der Waals surface area contributed by atoms with Crippen LogP contribution in [-0.2, 0) is 14.4 Å². The Hall–Kier alpha value is -2.13. The molecule has 9 nitrogen and oxygen atoms in total. The minimum Gasteiger partial charge on any atom is -0.512 e. The van der Waals surface area contributed by atoms with Gasteiger partial charge >= 0.3 is 17.9 Å². The van der Waals surface area contributed by atoms with E-state index in [1.807, 2.05) is 0 Å². The van der Waals surface area contributed by atoms with Crippen LogP contribution < -0.4 is 0 Å². The predicted molar refractivity (Wildman–Crippen MR) is 81.3 cm³/mol. The fourth-order valence-corrected chi connectivity index (χ4v) is 2.29. The van der Waals surface area contributed by atoms with Crippen molar-refractivity contribution in [1.29, 1.82) is 0 Å². The van der Waals surface area contributed by atoms with E-state index in [-0.39, 0.29) is 37.9 Å². The molecule has 0 aliphatic rings. The quantitative estimate of drug-likeness (QED) is 0.362. The lowest BCUT2D eigenvalue weighted by Crippen LogP contribution is -2.50. The molecule has 23 heavy (non-hydrogen) atoms. The summed E-state index contributed by atoms with van der Waals surface area (Å²) in [5, 5.41) is 36.3. The first-order valence-corrected chi connectivity index (χ1v) is 7.04. The van der Waals surface area contributed by atoms with Crippen molar-refractivity contribution >= 4 is 17.9 Å². The molecule has 4 N–H and O–H groups in total. The molecule has 0 amide bonds. The average Bonchev–Trinajstić information content (AvgIpc) is 2.32. The number of carboxylic acids is 3. The summed E-state index contributed by atoms with van der Waals surface area (Å²) in [6.45, 7) is 5.79. The van der Waals surface area contributed by atoms with Gasteiger partial charge in [-0.3, -0.25) is 24.2 Å². The molecule has 0 aromatic rings.